The van der Waals surface area contributed by atoms with E-state index < -0.39 is 22.0 Å². The molecule has 3 aromatic rings. The molecule has 4 rings (SSSR count). The number of amides is 1. The maximum atomic E-state index is 13.5. The van der Waals surface area contributed by atoms with Gasteiger partial charge in [-0.15, -0.1) is 0 Å². The summed E-state index contributed by atoms with van der Waals surface area (Å²) in [5.41, 5.74) is 9.60. The highest BCUT2D eigenvalue weighted by Crippen LogP contribution is 2.22. The Morgan fingerprint density at radius 1 is 1.11 bits per heavy atom. The Hall–Kier alpha value is -3.43. The summed E-state index contributed by atoms with van der Waals surface area (Å²) in [4.78, 5) is 17.9. The van der Waals surface area contributed by atoms with Gasteiger partial charge in [0.05, 0.1) is 18.1 Å². The second-order valence-corrected chi connectivity index (χ2v) is 10.1. The second-order valence-electron chi connectivity index (χ2n) is 8.42. The van der Waals surface area contributed by atoms with Crippen LogP contribution in [0.5, 0.6) is 0 Å². The number of carbonyl (C=O) groups is 1. The minimum Gasteiger partial charge on any atom is -0.375 e. The summed E-state index contributed by atoms with van der Waals surface area (Å²) in [5.74, 6) is -0.391. The number of fused-ring (bicyclic) bond motifs is 1. The lowest BCUT2D eigenvalue weighted by Crippen LogP contribution is -2.52. The van der Waals surface area contributed by atoms with Gasteiger partial charge in [0.25, 0.3) is 0 Å². The third-order valence-electron chi connectivity index (χ3n) is 6.04. The standard InChI is InChI=1S/C25H27N5O4S/c26-29-27-16-22-11-6-14-30(22)25(31)24(18-34-17-19-7-2-1-3-8-19)28-35(32,33)23-13-12-20-9-4-5-10-21(20)15-23/h1-5,7-10,12-13,15,22,24,28H,6,11,14,16-18H2/t22-,24+/m0/s1. The monoisotopic (exact) mass is 493 g/mol. The molecule has 182 valence electrons. The molecule has 1 amide bonds. The molecule has 1 saturated heterocycles. The van der Waals surface area contributed by atoms with E-state index in [9.17, 15) is 13.2 Å². The first-order valence-electron chi connectivity index (χ1n) is 11.4. The number of ether oxygens (including phenoxy) is 1. The number of sulfonamides is 1. The lowest BCUT2D eigenvalue weighted by atomic mass is 10.1. The fourth-order valence-corrected chi connectivity index (χ4v) is 5.47. The van der Waals surface area contributed by atoms with Gasteiger partial charge in [0.1, 0.15) is 6.04 Å². The van der Waals surface area contributed by atoms with Gasteiger partial charge in [0.15, 0.2) is 0 Å². The smallest absolute Gasteiger partial charge is 0.243 e. The fraction of sp³-hybridized carbons (Fsp3) is 0.320. The number of nitrogens with zero attached hydrogens (tertiary/aromatic N) is 4. The van der Waals surface area contributed by atoms with Crippen LogP contribution in [0.15, 0.2) is 82.8 Å². The molecule has 0 aromatic heterocycles. The van der Waals surface area contributed by atoms with E-state index in [1.54, 1.807) is 17.0 Å². The van der Waals surface area contributed by atoms with Crippen molar-refractivity contribution < 1.29 is 17.9 Å². The van der Waals surface area contributed by atoms with Crippen LogP contribution in [0, 0.1) is 0 Å². The Kier molecular flexibility index (Phi) is 7.99. The largest absolute Gasteiger partial charge is 0.375 e. The number of hydrogen-bond acceptors (Lipinski definition) is 5. The van der Waals surface area contributed by atoms with E-state index in [2.05, 4.69) is 14.7 Å². The molecule has 1 N–H and O–H groups in total. The van der Waals surface area contributed by atoms with Crippen LogP contribution in [-0.4, -0.2) is 51.0 Å². The number of carbonyl (C=O) groups excluding carboxylic acids is 1. The summed E-state index contributed by atoms with van der Waals surface area (Å²) >= 11 is 0. The lowest BCUT2D eigenvalue weighted by molar-refractivity contribution is -0.135. The van der Waals surface area contributed by atoms with Gasteiger partial charge in [-0.3, -0.25) is 4.79 Å². The average molecular weight is 494 g/mol. The van der Waals surface area contributed by atoms with E-state index in [1.165, 1.54) is 6.07 Å². The van der Waals surface area contributed by atoms with E-state index >= 15 is 0 Å². The molecule has 1 fully saturated rings. The Balaban J connectivity index is 1.55. The van der Waals surface area contributed by atoms with Gasteiger partial charge in [-0.1, -0.05) is 65.8 Å². The quantitative estimate of drug-likeness (QED) is 0.260. The van der Waals surface area contributed by atoms with Crippen molar-refractivity contribution in [1.29, 1.82) is 0 Å². The van der Waals surface area contributed by atoms with Crippen molar-refractivity contribution in [3.8, 4) is 0 Å². The molecule has 0 bridgehead atoms. The number of azide groups is 1. The molecule has 0 aliphatic carbocycles. The molecule has 1 heterocycles. The Labute approximate surface area is 204 Å². The maximum absolute atomic E-state index is 13.5. The van der Waals surface area contributed by atoms with Gasteiger partial charge in [0, 0.05) is 24.0 Å². The molecule has 10 heteroatoms. The maximum Gasteiger partial charge on any atom is 0.243 e. The molecule has 3 aromatic carbocycles. The van der Waals surface area contributed by atoms with E-state index in [4.69, 9.17) is 10.3 Å². The number of nitrogens with one attached hydrogen (secondary N) is 1. The van der Waals surface area contributed by atoms with Crippen molar-refractivity contribution in [2.24, 2.45) is 5.11 Å². The van der Waals surface area contributed by atoms with Gasteiger partial charge in [-0.05, 0) is 46.8 Å². The third kappa shape index (κ3) is 6.17. The van der Waals surface area contributed by atoms with Crippen LogP contribution in [0.2, 0.25) is 0 Å². The van der Waals surface area contributed by atoms with E-state index in [1.807, 2.05) is 54.6 Å². The molecule has 35 heavy (non-hydrogen) atoms. The highest BCUT2D eigenvalue weighted by Gasteiger charge is 2.35. The highest BCUT2D eigenvalue weighted by atomic mass is 32.2. The zero-order valence-electron chi connectivity index (χ0n) is 19.2. The fourth-order valence-electron chi connectivity index (χ4n) is 4.26. The summed E-state index contributed by atoms with van der Waals surface area (Å²) in [6.45, 7) is 0.727. The van der Waals surface area contributed by atoms with Crippen LogP contribution in [0.3, 0.4) is 0 Å². The average Bonchev–Trinajstić information content (AvgIpc) is 3.35. The molecular weight excluding hydrogens is 466 g/mol. The minimum absolute atomic E-state index is 0.0733. The van der Waals surface area contributed by atoms with Crippen molar-refractivity contribution in [2.45, 2.75) is 36.4 Å². The zero-order chi connectivity index (χ0) is 24.7. The lowest BCUT2D eigenvalue weighted by Gasteiger charge is -2.28. The van der Waals surface area contributed by atoms with Crippen LogP contribution in [0.25, 0.3) is 21.2 Å². The summed E-state index contributed by atoms with van der Waals surface area (Å²) in [6.07, 6.45) is 1.45. The van der Waals surface area contributed by atoms with Crippen molar-refractivity contribution in [1.82, 2.24) is 9.62 Å². The summed E-state index contributed by atoms with van der Waals surface area (Å²) in [5, 5.41) is 5.32. The first-order valence-corrected chi connectivity index (χ1v) is 12.9. The third-order valence-corrected chi connectivity index (χ3v) is 7.51. The Bertz CT molecular complexity index is 1330. The minimum atomic E-state index is -4.01. The van der Waals surface area contributed by atoms with Gasteiger partial charge < -0.3 is 9.64 Å². The highest BCUT2D eigenvalue weighted by molar-refractivity contribution is 7.89. The van der Waals surface area contributed by atoms with Crippen LogP contribution in [0.4, 0.5) is 0 Å². The van der Waals surface area contributed by atoms with Gasteiger partial charge in [-0.2, -0.15) is 4.72 Å². The normalized spacial score (nSPS) is 16.7. The van der Waals surface area contributed by atoms with E-state index in [0.717, 1.165) is 22.8 Å². The van der Waals surface area contributed by atoms with Gasteiger partial charge in [0.2, 0.25) is 15.9 Å². The molecule has 9 nitrogen and oxygen atoms in total. The summed E-state index contributed by atoms with van der Waals surface area (Å²) in [6, 6.07) is 20.4. The number of likely N-dealkylation sites (tertiary alicyclic amines) is 1. The SMILES string of the molecule is [N-]=[N+]=NC[C@@H]1CCCN1C(=O)[C@@H](COCc1ccccc1)NS(=O)(=O)c1ccc2ccccc2c1. The molecule has 1 aliphatic rings. The number of benzene rings is 3. The molecule has 0 spiro atoms. The van der Waals surface area contributed by atoms with E-state index in [0.29, 0.717) is 13.0 Å². The van der Waals surface area contributed by atoms with Gasteiger partial charge in [-0.25, -0.2) is 8.42 Å². The van der Waals surface area contributed by atoms with Crippen LogP contribution >= 0.6 is 0 Å². The molecule has 2 atom stereocenters. The van der Waals surface area contributed by atoms with Crippen molar-refractivity contribution >= 4 is 26.7 Å². The molecule has 0 saturated carbocycles. The first kappa shape index (κ1) is 24.7. The van der Waals surface area contributed by atoms with Crippen LogP contribution in [-0.2, 0) is 26.2 Å². The molecule has 1 aliphatic heterocycles. The number of hydrogen-bond donors (Lipinski definition) is 1. The summed E-state index contributed by atoms with van der Waals surface area (Å²) in [7, 11) is -4.01. The number of rotatable bonds is 10. The van der Waals surface area contributed by atoms with Crippen LogP contribution < -0.4 is 4.72 Å². The van der Waals surface area contributed by atoms with Crippen molar-refractivity contribution in [3.63, 3.8) is 0 Å². The molecular formula is C25H27N5O4S. The Morgan fingerprint density at radius 3 is 2.63 bits per heavy atom. The Morgan fingerprint density at radius 2 is 1.86 bits per heavy atom. The van der Waals surface area contributed by atoms with Gasteiger partial charge >= 0.3 is 0 Å². The molecule has 0 radical (unpaired) electrons. The van der Waals surface area contributed by atoms with E-state index in [-0.39, 0.29) is 30.7 Å². The summed E-state index contributed by atoms with van der Waals surface area (Å²) < 4.78 is 34.9. The van der Waals surface area contributed by atoms with Crippen molar-refractivity contribution in [3.05, 3.63) is 88.8 Å². The second kappa shape index (κ2) is 11.3. The predicted octanol–water partition coefficient (Wildman–Crippen LogP) is 4.00. The predicted molar refractivity (Wildman–Crippen MR) is 133 cm³/mol. The van der Waals surface area contributed by atoms with Crippen LogP contribution in [0.1, 0.15) is 18.4 Å². The first-order chi connectivity index (χ1) is 17.0. The topological polar surface area (TPSA) is 124 Å². The molecule has 0 unspecified atom stereocenters. The zero-order valence-corrected chi connectivity index (χ0v) is 20.0. The van der Waals surface area contributed by atoms with Crippen molar-refractivity contribution in [2.75, 3.05) is 19.7 Å².